The molecule has 3 heterocycles. The van der Waals surface area contributed by atoms with Gasteiger partial charge in [0.1, 0.15) is 23.2 Å². The van der Waals surface area contributed by atoms with E-state index in [9.17, 15) is 44.7 Å². The predicted octanol–water partition coefficient (Wildman–Crippen LogP) is 3.99. The van der Waals surface area contributed by atoms with Crippen LogP contribution < -0.4 is 10.1 Å². The first kappa shape index (κ1) is 42.0. The Hall–Kier alpha value is -4.76. The number of rotatable bonds is 2. The van der Waals surface area contributed by atoms with Gasteiger partial charge in [-0.25, -0.2) is 0 Å². The molecule has 54 heavy (non-hydrogen) atoms. The summed E-state index contributed by atoms with van der Waals surface area (Å²) < 4.78 is 22.5. The second kappa shape index (κ2) is 16.7. The Labute approximate surface area is 314 Å². The molecule has 14 heteroatoms. The Kier molecular flexibility index (Phi) is 13.0. The summed E-state index contributed by atoms with van der Waals surface area (Å²) in [7, 11) is 1.11. The maximum atomic E-state index is 14.0. The third-order valence-corrected chi connectivity index (χ3v) is 10.6. The molecule has 0 saturated carbocycles. The zero-order chi connectivity index (χ0) is 40.5. The normalized spacial score (nSPS) is 32.3. The minimum absolute atomic E-state index is 0.00611. The molecule has 9 unspecified atom stereocenters. The van der Waals surface area contributed by atoms with Crippen molar-refractivity contribution in [3.05, 3.63) is 69.2 Å². The standard InChI is InChI=1S/C40H51NO13/c1-16-12-11-13-17(2)39(49)41-29-20(5)38(54-24(9)42)25-26(35(29)48)34(47)23(8)37-27(25)36(52-15-53-37)19(4)14-18(3)31(44)22(7)33(46)28(40(50)51-10)32(45)21(6)30(16)43/h11-14,16,18,21-22,28,30-33,43-46,48H,15H2,1-10H3,(H,41,49)/b12-11-,17-13+,19-14+. The van der Waals surface area contributed by atoms with Gasteiger partial charge in [-0.3, -0.25) is 19.2 Å². The van der Waals surface area contributed by atoms with E-state index in [-0.39, 0.29) is 63.2 Å². The van der Waals surface area contributed by atoms with E-state index in [1.54, 1.807) is 32.9 Å². The number of aliphatic hydroxyl groups excluding tert-OH is 4. The molecule has 0 spiro atoms. The van der Waals surface area contributed by atoms with Crippen molar-refractivity contribution in [3.8, 4) is 11.5 Å². The summed E-state index contributed by atoms with van der Waals surface area (Å²) in [5, 5.41) is 60.0. The lowest BCUT2D eigenvalue weighted by Gasteiger charge is -2.37. The molecule has 14 nitrogen and oxygen atoms in total. The van der Waals surface area contributed by atoms with Crippen molar-refractivity contribution in [1.29, 1.82) is 0 Å². The van der Waals surface area contributed by atoms with E-state index in [1.807, 2.05) is 0 Å². The van der Waals surface area contributed by atoms with E-state index in [1.165, 1.54) is 46.8 Å². The molecule has 294 valence electrons. The van der Waals surface area contributed by atoms with Gasteiger partial charge in [0.2, 0.25) is 6.79 Å². The number of ketones is 1. The van der Waals surface area contributed by atoms with Crippen molar-refractivity contribution in [1.82, 2.24) is 0 Å². The molecule has 1 aliphatic carbocycles. The number of anilines is 1. The molecule has 0 aromatic heterocycles. The smallest absolute Gasteiger partial charge is 0.313 e. The number of Topliss-reactive ketones (excluding diaryl/α,β-unsaturated/α-hetero) is 1. The summed E-state index contributed by atoms with van der Waals surface area (Å²) in [6.45, 7) is 13.4. The lowest BCUT2D eigenvalue weighted by atomic mass is 9.76. The van der Waals surface area contributed by atoms with Crippen LogP contribution in [0, 0.1) is 36.5 Å². The van der Waals surface area contributed by atoms with Gasteiger partial charge >= 0.3 is 11.9 Å². The molecular weight excluding hydrogens is 702 g/mol. The van der Waals surface area contributed by atoms with Gasteiger partial charge in [-0.05, 0) is 33.3 Å². The number of ether oxygens (including phenoxy) is 4. The van der Waals surface area contributed by atoms with Crippen molar-refractivity contribution in [3.63, 3.8) is 0 Å². The lowest BCUT2D eigenvalue weighted by Crippen LogP contribution is -2.50. The first-order valence-corrected chi connectivity index (χ1v) is 17.8. The molecule has 6 N–H and O–H groups in total. The van der Waals surface area contributed by atoms with Crippen LogP contribution in [0.1, 0.15) is 76.9 Å². The van der Waals surface area contributed by atoms with Crippen LogP contribution in [0.15, 0.2) is 52.5 Å². The lowest BCUT2D eigenvalue weighted by molar-refractivity contribution is -0.164. The highest BCUT2D eigenvalue weighted by Gasteiger charge is 2.45. The third-order valence-electron chi connectivity index (χ3n) is 10.6. The Morgan fingerprint density at radius 3 is 1.98 bits per heavy atom. The molecule has 0 fully saturated rings. The summed E-state index contributed by atoms with van der Waals surface area (Å²) in [6.07, 6.45) is 0.456. The number of carbonyl (C=O) groups excluding carboxylic acids is 4. The van der Waals surface area contributed by atoms with Crippen LogP contribution in [-0.2, 0) is 28.6 Å². The zero-order valence-electron chi connectivity index (χ0n) is 32.2. The van der Waals surface area contributed by atoms with Crippen molar-refractivity contribution in [2.75, 3.05) is 19.2 Å². The van der Waals surface area contributed by atoms with Crippen LogP contribution in [0.2, 0.25) is 0 Å². The highest BCUT2D eigenvalue weighted by molar-refractivity contribution is 6.21. The second-order valence-electron chi connectivity index (χ2n) is 14.4. The number of carbonyl (C=O) groups is 4. The van der Waals surface area contributed by atoms with E-state index < -0.39 is 83.4 Å². The Bertz CT molecular complexity index is 1870. The number of nitrogens with one attached hydrogen (secondary N) is 1. The number of esters is 2. The molecular formula is C40H51NO13. The van der Waals surface area contributed by atoms with Gasteiger partial charge in [0.25, 0.3) is 5.91 Å². The fourth-order valence-corrected chi connectivity index (χ4v) is 7.22. The maximum Gasteiger partial charge on any atom is 0.313 e. The number of fused-ring (bicyclic) bond motifs is 14. The number of hydrogen-bond acceptors (Lipinski definition) is 13. The molecule has 5 rings (SSSR count). The molecule has 1 aromatic rings. The molecule has 0 radical (unpaired) electrons. The monoisotopic (exact) mass is 753 g/mol. The highest BCUT2D eigenvalue weighted by Crippen LogP contribution is 2.53. The average molecular weight is 754 g/mol. The number of amides is 1. The summed E-state index contributed by atoms with van der Waals surface area (Å²) in [4.78, 5) is 53.0. The highest BCUT2D eigenvalue weighted by atomic mass is 16.7. The van der Waals surface area contributed by atoms with Crippen LogP contribution >= 0.6 is 0 Å². The minimum Gasteiger partial charge on any atom is -0.505 e. The zero-order valence-corrected chi connectivity index (χ0v) is 32.2. The molecule has 1 amide bonds. The maximum absolute atomic E-state index is 14.0. The summed E-state index contributed by atoms with van der Waals surface area (Å²) >= 11 is 0. The van der Waals surface area contributed by atoms with Crippen LogP contribution in [0.3, 0.4) is 0 Å². The van der Waals surface area contributed by atoms with Crippen molar-refractivity contribution in [2.24, 2.45) is 29.6 Å². The van der Waals surface area contributed by atoms with Gasteiger partial charge < -0.3 is 49.8 Å². The van der Waals surface area contributed by atoms with Crippen molar-refractivity contribution in [2.45, 2.75) is 86.7 Å². The fraction of sp³-hybridized carbons (Fsp3) is 0.500. The predicted molar refractivity (Wildman–Crippen MR) is 197 cm³/mol. The number of benzene rings is 1. The number of phenolic OH excluding ortho intramolecular Hbond substituents is 1. The van der Waals surface area contributed by atoms with E-state index >= 15 is 0 Å². The molecule has 1 aromatic carbocycles. The van der Waals surface area contributed by atoms with Crippen LogP contribution in [0.4, 0.5) is 5.69 Å². The molecule has 9 atom stereocenters. The van der Waals surface area contributed by atoms with Gasteiger partial charge in [-0.2, -0.15) is 0 Å². The van der Waals surface area contributed by atoms with Crippen molar-refractivity contribution >= 4 is 34.9 Å². The largest absolute Gasteiger partial charge is 0.505 e. The number of methoxy groups -OCH3 is 1. The summed E-state index contributed by atoms with van der Waals surface area (Å²) in [5.41, 5.74) is 0.550. The Balaban J connectivity index is 2.03. The summed E-state index contributed by atoms with van der Waals surface area (Å²) in [5.74, 6) is -8.30. The van der Waals surface area contributed by atoms with E-state index in [0.717, 1.165) is 14.0 Å². The topological polar surface area (TPSA) is 218 Å². The van der Waals surface area contributed by atoms with Gasteiger partial charge in [0.15, 0.2) is 11.5 Å². The quantitative estimate of drug-likeness (QED) is 0.143. The Morgan fingerprint density at radius 2 is 1.41 bits per heavy atom. The first-order chi connectivity index (χ1) is 25.3. The van der Waals surface area contributed by atoms with Gasteiger partial charge in [0.05, 0.1) is 48.3 Å². The van der Waals surface area contributed by atoms with Gasteiger partial charge in [-0.15, -0.1) is 0 Å². The molecule has 3 aliphatic heterocycles. The number of allylic oxidation sites excluding steroid dienone is 5. The number of phenols is 1. The van der Waals surface area contributed by atoms with Gasteiger partial charge in [0, 0.05) is 52.9 Å². The van der Waals surface area contributed by atoms with Crippen LogP contribution in [0.5, 0.6) is 11.5 Å². The average Bonchev–Trinajstić information content (AvgIpc) is 3.13. The van der Waals surface area contributed by atoms with Crippen LogP contribution in [-0.4, -0.2) is 87.5 Å². The van der Waals surface area contributed by atoms with E-state index in [0.29, 0.717) is 5.57 Å². The third kappa shape index (κ3) is 7.88. The second-order valence-corrected chi connectivity index (χ2v) is 14.4. The number of aliphatic hydroxyl groups is 4. The van der Waals surface area contributed by atoms with E-state index in [2.05, 4.69) is 5.32 Å². The fourth-order valence-electron chi connectivity index (χ4n) is 7.22. The SMILES string of the molecule is COC(=O)C1C(O)C(C)C(O)C(C)/C=C\C=C(/C)C(=O)Nc2c(C)c(OC(C)=O)c3c(c2O)C(=O)C(C)=C2OCOC(=C23)/C(C)=C/C(C)C(O)C(C)C1O. The summed E-state index contributed by atoms with van der Waals surface area (Å²) in [6, 6.07) is 0. The van der Waals surface area contributed by atoms with Gasteiger partial charge in [-0.1, -0.05) is 52.0 Å². The van der Waals surface area contributed by atoms with Crippen LogP contribution in [0.25, 0.3) is 5.57 Å². The molecule has 4 bridgehead atoms. The number of aromatic hydroxyl groups is 1. The Morgan fingerprint density at radius 1 is 0.833 bits per heavy atom. The minimum atomic E-state index is -1.62. The molecule has 4 aliphatic rings. The first-order valence-electron chi connectivity index (χ1n) is 17.8. The molecule has 0 saturated heterocycles. The van der Waals surface area contributed by atoms with Crippen molar-refractivity contribution < 1.29 is 63.7 Å². The van der Waals surface area contributed by atoms with E-state index in [4.69, 9.17) is 18.9 Å². The number of hydrogen-bond donors (Lipinski definition) is 6.